The number of anilines is 2. The Kier molecular flexibility index (Phi) is 11.0. The van der Waals surface area contributed by atoms with Crippen LogP contribution >= 0.6 is 0 Å². The molecule has 0 spiro atoms. The van der Waals surface area contributed by atoms with Gasteiger partial charge in [0.2, 0.25) is 11.4 Å². The van der Waals surface area contributed by atoms with Crippen molar-refractivity contribution in [1.82, 2.24) is 0 Å². The molecule has 3 heterocycles. The van der Waals surface area contributed by atoms with Crippen LogP contribution in [0, 0.1) is 0 Å². The van der Waals surface area contributed by atoms with E-state index in [-0.39, 0.29) is 47.2 Å². The zero-order valence-corrected chi connectivity index (χ0v) is 32.1. The highest BCUT2D eigenvalue weighted by Crippen LogP contribution is 2.39. The third-order valence-electron chi connectivity index (χ3n) is 9.98. The highest BCUT2D eigenvalue weighted by atomic mass is 16.6. The number of carbonyl (C=O) groups is 2. The molecule has 0 amide bonds. The van der Waals surface area contributed by atoms with Gasteiger partial charge in [-0.3, -0.25) is 4.79 Å². The normalized spacial score (nSPS) is 21.5. The minimum absolute atomic E-state index is 0.0729. The van der Waals surface area contributed by atoms with Crippen LogP contribution in [0.25, 0.3) is 5.57 Å². The van der Waals surface area contributed by atoms with E-state index >= 15 is 0 Å². The van der Waals surface area contributed by atoms with E-state index in [0.717, 1.165) is 35.1 Å². The first-order valence-electron chi connectivity index (χ1n) is 19.0. The van der Waals surface area contributed by atoms with Gasteiger partial charge in [-0.05, 0) is 85.7 Å². The van der Waals surface area contributed by atoms with Crippen molar-refractivity contribution in [2.45, 2.75) is 51.5 Å². The van der Waals surface area contributed by atoms with Crippen molar-refractivity contribution in [3.63, 3.8) is 0 Å². The lowest BCUT2D eigenvalue weighted by Crippen LogP contribution is -2.32. The van der Waals surface area contributed by atoms with E-state index in [4.69, 9.17) is 33.2 Å². The molecule has 294 valence electrons. The van der Waals surface area contributed by atoms with Gasteiger partial charge in [0.15, 0.2) is 5.78 Å². The predicted octanol–water partition coefficient (Wildman–Crippen LogP) is 5.47. The molecule has 5 unspecified atom stereocenters. The molecule has 12 nitrogen and oxygen atoms in total. The van der Waals surface area contributed by atoms with E-state index < -0.39 is 12.2 Å². The number of Topliss-reactive ketones (excluding diaryl/α,β-unsaturated/α-hetero) is 1. The highest BCUT2D eigenvalue weighted by Gasteiger charge is 2.33. The summed E-state index contributed by atoms with van der Waals surface area (Å²) in [6.45, 7) is 12.6. The summed E-state index contributed by atoms with van der Waals surface area (Å²) in [6, 6.07) is 22.2. The number of hydrogen-bond donors (Lipinski definition) is 0. The van der Waals surface area contributed by atoms with Crippen LogP contribution in [0.2, 0.25) is 0 Å². The fourth-order valence-electron chi connectivity index (χ4n) is 6.53. The summed E-state index contributed by atoms with van der Waals surface area (Å²) in [6.07, 6.45) is 6.86. The number of epoxide rings is 3. The van der Waals surface area contributed by atoms with Crippen LogP contribution < -0.4 is 19.5 Å². The van der Waals surface area contributed by atoms with Crippen molar-refractivity contribution in [1.29, 1.82) is 0 Å². The van der Waals surface area contributed by atoms with Crippen molar-refractivity contribution in [3.8, 4) is 11.5 Å². The number of benzene rings is 3. The molecule has 12 heteroatoms. The molecule has 5 atom stereocenters. The van der Waals surface area contributed by atoms with Gasteiger partial charge in [0.1, 0.15) is 42.6 Å². The van der Waals surface area contributed by atoms with Crippen molar-refractivity contribution in [2.24, 2.45) is 0 Å². The molecular formula is C45H44N2O10. The third-order valence-corrected chi connectivity index (χ3v) is 9.98. The molecular weight excluding hydrogens is 728 g/mol. The molecule has 8 rings (SSSR count). The molecule has 5 aliphatic rings. The van der Waals surface area contributed by atoms with E-state index in [0.29, 0.717) is 55.5 Å². The average molecular weight is 773 g/mol. The van der Waals surface area contributed by atoms with Crippen LogP contribution in [0.1, 0.15) is 26.3 Å². The van der Waals surface area contributed by atoms with E-state index in [2.05, 4.69) is 11.5 Å². The van der Waals surface area contributed by atoms with E-state index in [1.54, 1.807) is 43.3 Å². The van der Waals surface area contributed by atoms with Crippen molar-refractivity contribution in [3.05, 3.63) is 132 Å². The maximum absolute atomic E-state index is 13.6. The lowest BCUT2D eigenvalue weighted by molar-refractivity contribution is -0.537. The summed E-state index contributed by atoms with van der Waals surface area (Å²) in [7, 11) is 0. The quantitative estimate of drug-likeness (QED) is 0.0432. The number of nitrogens with zero attached hydrogens (tertiary/aromatic N) is 2. The Bertz CT molecular complexity index is 2170. The molecule has 0 saturated carbocycles. The van der Waals surface area contributed by atoms with Gasteiger partial charge in [0.05, 0.1) is 33.0 Å². The lowest BCUT2D eigenvalue weighted by Gasteiger charge is -2.33. The fraction of sp³-hybridized carbons (Fsp3) is 0.311. The fourth-order valence-corrected chi connectivity index (χ4v) is 6.53. The summed E-state index contributed by atoms with van der Waals surface area (Å²) in [5.41, 5.74) is 4.97. The van der Waals surface area contributed by atoms with Gasteiger partial charge >= 0.3 is 5.97 Å². The first-order chi connectivity index (χ1) is 27.6. The second-order valence-corrected chi connectivity index (χ2v) is 14.4. The number of ketones is 1. The zero-order valence-electron chi connectivity index (χ0n) is 32.1. The molecule has 3 saturated heterocycles. The number of rotatable bonds is 17. The van der Waals surface area contributed by atoms with Crippen LogP contribution in [0.5, 0.6) is 11.5 Å². The molecule has 0 radical (unpaired) electrons. The minimum Gasteiger partial charge on any atom is -0.871 e. The topological polar surface area (TPSA) is 138 Å². The van der Waals surface area contributed by atoms with Gasteiger partial charge in [0.25, 0.3) is 6.23 Å². The Balaban J connectivity index is 1.01. The molecule has 3 fully saturated rings. The van der Waals surface area contributed by atoms with Gasteiger partial charge in [0, 0.05) is 59.3 Å². The smallest absolute Gasteiger partial charge is 0.338 e. The summed E-state index contributed by atoms with van der Waals surface area (Å²) in [4.78, 5) is 27.7. The Morgan fingerprint density at radius 2 is 1.33 bits per heavy atom. The second-order valence-electron chi connectivity index (χ2n) is 14.4. The molecule has 3 aromatic rings. The number of hydrogen-bond acceptors (Lipinski definition) is 11. The molecule has 0 bridgehead atoms. The van der Waals surface area contributed by atoms with Gasteiger partial charge < -0.3 is 43.2 Å². The van der Waals surface area contributed by atoms with Crippen LogP contribution in [-0.4, -0.2) is 92.4 Å². The minimum atomic E-state index is -0.503. The maximum Gasteiger partial charge on any atom is 0.338 e. The van der Waals surface area contributed by atoms with Crippen molar-refractivity contribution >= 4 is 40.1 Å². The third kappa shape index (κ3) is 9.01. The van der Waals surface area contributed by atoms with E-state index in [1.807, 2.05) is 79.1 Å². The number of ether oxygens (including phenoxy) is 7. The average Bonchev–Trinajstić information content (AvgIpc) is 4.06. The van der Waals surface area contributed by atoms with Crippen LogP contribution in [-0.2, 0) is 33.3 Å². The SMILES string of the molecule is C=C(C)C(=O)Oc1ccc([N+](=C2C=CC(=C3C(=O)C(c4ccc(N(c5ccc(OCC6CO6)cc5)C(C)OCC5CO5)cc4)=C3[O-])C=C2)C(C)OCC2CO2)cc1. The van der Waals surface area contributed by atoms with Crippen LogP contribution in [0.3, 0.4) is 0 Å². The molecule has 0 aromatic heterocycles. The van der Waals surface area contributed by atoms with Crippen LogP contribution in [0.4, 0.5) is 17.1 Å². The van der Waals surface area contributed by atoms with Gasteiger partial charge in [-0.15, -0.1) is 0 Å². The van der Waals surface area contributed by atoms with Crippen molar-refractivity contribution < 1.29 is 52.4 Å². The molecule has 3 aliphatic heterocycles. The number of allylic oxidation sites excluding steroid dienone is 7. The molecule has 3 aromatic carbocycles. The monoisotopic (exact) mass is 772 g/mol. The zero-order chi connectivity index (χ0) is 39.6. The second kappa shape index (κ2) is 16.5. The lowest BCUT2D eigenvalue weighted by atomic mass is 9.80. The molecule has 57 heavy (non-hydrogen) atoms. The first-order valence-corrected chi connectivity index (χ1v) is 19.0. The van der Waals surface area contributed by atoms with E-state index in [9.17, 15) is 14.7 Å². The van der Waals surface area contributed by atoms with Gasteiger partial charge in [-0.1, -0.05) is 24.5 Å². The summed E-state index contributed by atoms with van der Waals surface area (Å²) in [5.74, 6) is 0.0301. The van der Waals surface area contributed by atoms with Gasteiger partial charge in [-0.25, -0.2) is 4.79 Å². The summed E-state index contributed by atoms with van der Waals surface area (Å²) in [5, 5.41) is 13.6. The summed E-state index contributed by atoms with van der Waals surface area (Å²) < 4.78 is 41.4. The Labute approximate surface area is 331 Å². The number of carbonyl (C=O) groups excluding carboxylic acids is 2. The largest absolute Gasteiger partial charge is 0.871 e. The van der Waals surface area contributed by atoms with Crippen LogP contribution in [0.15, 0.2) is 126 Å². The van der Waals surface area contributed by atoms with Gasteiger partial charge in [-0.2, -0.15) is 4.58 Å². The van der Waals surface area contributed by atoms with Crippen molar-refractivity contribution in [2.75, 3.05) is 44.5 Å². The Hall–Kier alpha value is -5.63. The highest BCUT2D eigenvalue weighted by molar-refractivity contribution is 6.39. The maximum atomic E-state index is 13.6. The Morgan fingerprint density at radius 3 is 1.89 bits per heavy atom. The number of esters is 1. The summed E-state index contributed by atoms with van der Waals surface area (Å²) >= 11 is 0. The Morgan fingerprint density at radius 1 is 0.789 bits per heavy atom. The predicted molar refractivity (Wildman–Crippen MR) is 210 cm³/mol. The molecule has 2 aliphatic carbocycles. The first kappa shape index (κ1) is 38.3. The van der Waals surface area contributed by atoms with E-state index in [1.165, 1.54) is 0 Å². The standard InChI is InChI=1S/C45H44N2O10/c1-27(2)45(50)57-37-19-15-35(16-20-37)47(29(4)52-22-39-25-55-39)33-11-7-31(8-12-33)42-43(48)41(44(42)49)30-5-9-32(10-6-30)46(28(3)51-21-38-24-54-38)34-13-17-36(18-14-34)53-23-40-26-56-40/h5-20,28-29,38-40H,1,21-26H2,2-4H3. The molecule has 0 N–H and O–H groups in total.